The Morgan fingerprint density at radius 2 is 1.79 bits per heavy atom. The number of nitrogens with zero attached hydrogens (tertiary/aromatic N) is 3. The monoisotopic (exact) mass is 407 g/mol. The summed E-state index contributed by atoms with van der Waals surface area (Å²) < 4.78 is 32.7. The van der Waals surface area contributed by atoms with Crippen LogP contribution in [0.15, 0.2) is 71.8 Å². The van der Waals surface area contributed by atoms with E-state index in [1.165, 1.54) is 25.3 Å². The molecule has 7 nitrogen and oxygen atoms in total. The average molecular weight is 407 g/mol. The van der Waals surface area contributed by atoms with Crippen LogP contribution in [0.2, 0.25) is 0 Å². The number of fused-ring (bicyclic) bond motifs is 1. The van der Waals surface area contributed by atoms with Crippen LogP contribution in [-0.2, 0) is 14.8 Å². The smallest absolute Gasteiger partial charge is 0.355 e. The van der Waals surface area contributed by atoms with Gasteiger partial charge in [0.2, 0.25) is 0 Å². The second kappa shape index (κ2) is 7.14. The van der Waals surface area contributed by atoms with Crippen molar-refractivity contribution in [2.75, 3.05) is 7.11 Å². The predicted molar refractivity (Wildman–Crippen MR) is 108 cm³/mol. The highest BCUT2D eigenvalue weighted by Gasteiger charge is 2.27. The van der Waals surface area contributed by atoms with Crippen molar-refractivity contribution in [2.45, 2.75) is 11.8 Å². The van der Waals surface area contributed by atoms with Crippen molar-refractivity contribution in [3.05, 3.63) is 78.1 Å². The number of carbonyl (C=O) groups is 1. The Hall–Kier alpha value is -3.52. The van der Waals surface area contributed by atoms with E-state index < -0.39 is 16.0 Å². The van der Waals surface area contributed by atoms with Crippen LogP contribution in [-0.4, -0.2) is 35.7 Å². The second-order valence-electron chi connectivity index (χ2n) is 6.49. The molecule has 0 saturated carbocycles. The Balaban J connectivity index is 2.01. The molecule has 2 aromatic carbocycles. The van der Waals surface area contributed by atoms with Gasteiger partial charge in [-0.05, 0) is 43.3 Å². The first-order valence-corrected chi connectivity index (χ1v) is 10.2. The highest BCUT2D eigenvalue weighted by atomic mass is 32.2. The number of esters is 1. The van der Waals surface area contributed by atoms with Gasteiger partial charge in [-0.2, -0.15) is 10.2 Å². The molecule has 4 rings (SSSR count). The highest BCUT2D eigenvalue weighted by molar-refractivity contribution is 7.90. The Morgan fingerprint density at radius 3 is 2.45 bits per heavy atom. The molecule has 0 aliphatic heterocycles. The number of benzene rings is 2. The van der Waals surface area contributed by atoms with Gasteiger partial charge in [-0.3, -0.25) is 0 Å². The molecule has 0 saturated heterocycles. The van der Waals surface area contributed by atoms with Crippen LogP contribution in [0.25, 0.3) is 22.2 Å². The molecule has 0 N–H and O–H groups in total. The van der Waals surface area contributed by atoms with Crippen molar-refractivity contribution in [3.63, 3.8) is 0 Å². The van der Waals surface area contributed by atoms with E-state index in [0.29, 0.717) is 22.2 Å². The first-order valence-electron chi connectivity index (χ1n) is 8.76. The summed E-state index contributed by atoms with van der Waals surface area (Å²) in [5.74, 6) is -0.738. The maximum atomic E-state index is 13.4. The zero-order valence-corrected chi connectivity index (χ0v) is 16.6. The number of aryl methyl sites for hydroxylation is 1. The molecule has 2 heterocycles. The summed E-state index contributed by atoms with van der Waals surface area (Å²) in [6.45, 7) is 1.87. The van der Waals surface area contributed by atoms with E-state index >= 15 is 0 Å². The van der Waals surface area contributed by atoms with Gasteiger partial charge in [-0.15, -0.1) is 0 Å². The summed E-state index contributed by atoms with van der Waals surface area (Å²) >= 11 is 0. The topological polar surface area (TPSA) is 91.2 Å². The molecule has 0 radical (unpaired) electrons. The van der Waals surface area contributed by atoms with E-state index in [0.717, 1.165) is 9.54 Å². The van der Waals surface area contributed by atoms with Gasteiger partial charge < -0.3 is 4.74 Å². The number of carbonyl (C=O) groups excluding carboxylic acids is 1. The normalized spacial score (nSPS) is 11.5. The van der Waals surface area contributed by atoms with Crippen molar-refractivity contribution in [3.8, 4) is 11.3 Å². The molecule has 0 spiro atoms. The van der Waals surface area contributed by atoms with Gasteiger partial charge in [-0.25, -0.2) is 17.2 Å². The van der Waals surface area contributed by atoms with Crippen molar-refractivity contribution in [1.29, 1.82) is 0 Å². The van der Waals surface area contributed by atoms with Crippen LogP contribution in [0.1, 0.15) is 16.1 Å². The van der Waals surface area contributed by atoms with Gasteiger partial charge in [0.1, 0.15) is 5.69 Å². The molecular formula is C21H17N3O4S. The lowest BCUT2D eigenvalue weighted by Crippen LogP contribution is -2.19. The first kappa shape index (κ1) is 18.8. The van der Waals surface area contributed by atoms with Gasteiger partial charge in [0.15, 0.2) is 0 Å². The van der Waals surface area contributed by atoms with Gasteiger partial charge in [0, 0.05) is 17.1 Å². The average Bonchev–Trinajstić information content (AvgIpc) is 3.13. The van der Waals surface area contributed by atoms with Crippen molar-refractivity contribution in [2.24, 2.45) is 0 Å². The zero-order chi connectivity index (χ0) is 20.6. The third-order valence-corrected chi connectivity index (χ3v) is 6.32. The molecule has 0 fully saturated rings. The van der Waals surface area contributed by atoms with Crippen molar-refractivity contribution in [1.82, 2.24) is 14.2 Å². The summed E-state index contributed by atoms with van der Waals surface area (Å²) in [6, 6.07) is 16.7. The maximum Gasteiger partial charge on any atom is 0.355 e. The van der Waals surface area contributed by atoms with Crippen LogP contribution in [0.3, 0.4) is 0 Å². The van der Waals surface area contributed by atoms with Crippen molar-refractivity contribution < 1.29 is 17.9 Å². The molecule has 4 aromatic rings. The Bertz CT molecular complexity index is 1310. The largest absolute Gasteiger partial charge is 0.464 e. The molecule has 0 amide bonds. The lowest BCUT2D eigenvalue weighted by molar-refractivity contribution is 0.0593. The van der Waals surface area contributed by atoms with E-state index in [1.807, 2.05) is 6.92 Å². The number of methoxy groups -OCH3 is 1. The minimum atomic E-state index is -4.04. The van der Waals surface area contributed by atoms with Crippen LogP contribution >= 0.6 is 0 Å². The third kappa shape index (κ3) is 3.27. The lowest BCUT2D eigenvalue weighted by Gasteiger charge is -2.12. The van der Waals surface area contributed by atoms with Gasteiger partial charge in [-0.1, -0.05) is 29.8 Å². The molecule has 0 bridgehead atoms. The number of hydrogen-bond acceptors (Lipinski definition) is 6. The van der Waals surface area contributed by atoms with Gasteiger partial charge in [0.05, 0.1) is 23.2 Å². The Kier molecular flexibility index (Phi) is 4.63. The fourth-order valence-electron chi connectivity index (χ4n) is 3.11. The molecule has 0 aliphatic carbocycles. The zero-order valence-electron chi connectivity index (χ0n) is 15.7. The summed E-state index contributed by atoms with van der Waals surface area (Å²) in [7, 11) is -2.83. The predicted octanol–water partition coefficient (Wildman–Crippen LogP) is 3.43. The minimum Gasteiger partial charge on any atom is -0.464 e. The quantitative estimate of drug-likeness (QED) is 0.482. The number of ether oxygens (including phenoxy) is 1. The number of aromatic nitrogens is 3. The molecule has 2 aromatic heterocycles. The van der Waals surface area contributed by atoms with E-state index in [2.05, 4.69) is 10.2 Å². The molecule has 29 heavy (non-hydrogen) atoms. The van der Waals surface area contributed by atoms with Crippen LogP contribution in [0, 0.1) is 6.92 Å². The molecule has 0 unspecified atom stereocenters. The second-order valence-corrected chi connectivity index (χ2v) is 8.27. The Labute approximate surface area is 167 Å². The SMILES string of the molecule is COC(=O)c1cc2ccc(-c3cccnn3)cc2n1S(=O)(=O)c1ccc(C)cc1. The summed E-state index contributed by atoms with van der Waals surface area (Å²) in [5, 5.41) is 8.53. The van der Waals surface area contributed by atoms with Gasteiger partial charge >= 0.3 is 5.97 Å². The number of rotatable bonds is 4. The van der Waals surface area contributed by atoms with E-state index in [9.17, 15) is 13.2 Å². The molecule has 8 heteroatoms. The first-order chi connectivity index (χ1) is 13.9. The summed E-state index contributed by atoms with van der Waals surface area (Å²) in [5.41, 5.74) is 2.49. The highest BCUT2D eigenvalue weighted by Crippen LogP contribution is 2.30. The lowest BCUT2D eigenvalue weighted by atomic mass is 10.1. The molecule has 0 aliphatic rings. The Morgan fingerprint density at radius 1 is 1.03 bits per heavy atom. The third-order valence-electron chi connectivity index (χ3n) is 4.58. The fraction of sp³-hybridized carbons (Fsp3) is 0.0952. The van der Waals surface area contributed by atoms with E-state index in [4.69, 9.17) is 4.74 Å². The summed E-state index contributed by atoms with van der Waals surface area (Å²) in [4.78, 5) is 12.4. The fourth-order valence-corrected chi connectivity index (χ4v) is 4.61. The van der Waals surface area contributed by atoms with Crippen molar-refractivity contribution >= 4 is 26.9 Å². The minimum absolute atomic E-state index is 0.0700. The molecule has 0 atom stereocenters. The van der Waals surface area contributed by atoms with E-state index in [1.54, 1.807) is 48.7 Å². The van der Waals surface area contributed by atoms with Crippen LogP contribution in [0.4, 0.5) is 0 Å². The summed E-state index contributed by atoms with van der Waals surface area (Å²) in [6.07, 6.45) is 1.56. The van der Waals surface area contributed by atoms with Crippen LogP contribution in [0.5, 0.6) is 0 Å². The molecular weight excluding hydrogens is 390 g/mol. The molecule has 146 valence electrons. The maximum absolute atomic E-state index is 13.4. The van der Waals surface area contributed by atoms with Crippen LogP contribution < -0.4 is 0 Å². The standard InChI is InChI=1S/C21H17N3O4S/c1-14-5-9-17(10-6-14)29(26,27)24-19-12-15(18-4-3-11-22-23-18)7-8-16(19)13-20(24)21(25)28-2/h3-13H,1-2H3. The number of hydrogen-bond donors (Lipinski definition) is 0. The van der Waals surface area contributed by atoms with Gasteiger partial charge in [0.25, 0.3) is 10.0 Å². The van der Waals surface area contributed by atoms with E-state index in [-0.39, 0.29) is 10.6 Å².